The average Bonchev–Trinajstić information content (AvgIpc) is 3.83. The third-order valence-corrected chi connectivity index (χ3v) is 15.6. The van der Waals surface area contributed by atoms with Gasteiger partial charge in [0.1, 0.15) is 29.0 Å². The number of methoxy groups -OCH3 is 1. The Morgan fingerprint density at radius 2 is 1.73 bits per heavy atom. The predicted molar refractivity (Wildman–Crippen MR) is 247 cm³/mol. The Labute approximate surface area is 385 Å². The minimum atomic E-state index is -1.40. The zero-order valence-electron chi connectivity index (χ0n) is 38.3. The van der Waals surface area contributed by atoms with E-state index >= 15 is 8.78 Å². The van der Waals surface area contributed by atoms with E-state index in [1.165, 1.54) is 6.07 Å². The van der Waals surface area contributed by atoms with Crippen molar-refractivity contribution in [2.45, 2.75) is 126 Å². The number of nitrogens with zero attached hydrogens (tertiary/aromatic N) is 6. The van der Waals surface area contributed by atoms with Gasteiger partial charge in [-0.2, -0.15) is 4.98 Å². The molecule has 3 aromatic rings. The number of halogens is 2. The first kappa shape index (κ1) is 45.7. The van der Waals surface area contributed by atoms with E-state index in [2.05, 4.69) is 30.7 Å². The van der Waals surface area contributed by atoms with Crippen LogP contribution < -0.4 is 35.4 Å². The van der Waals surface area contributed by atoms with Crippen LogP contribution in [0.4, 0.5) is 37.6 Å². The summed E-state index contributed by atoms with van der Waals surface area (Å²) in [6.45, 7) is 4.51. The van der Waals surface area contributed by atoms with Crippen LogP contribution in [0.15, 0.2) is 42.6 Å². The van der Waals surface area contributed by atoms with Crippen molar-refractivity contribution in [3.05, 3.63) is 59.5 Å². The number of aliphatic hydroxyl groups is 1. The van der Waals surface area contributed by atoms with Crippen molar-refractivity contribution in [1.29, 1.82) is 0 Å². The van der Waals surface area contributed by atoms with Gasteiger partial charge in [-0.05, 0) is 112 Å². The number of aromatic nitrogens is 2. The van der Waals surface area contributed by atoms with Crippen LogP contribution in [0.5, 0.6) is 5.75 Å². The molecule has 2 saturated carbocycles. The number of carbonyl (C=O) groups excluding carboxylic acids is 4. The van der Waals surface area contributed by atoms with Crippen LogP contribution in [0.25, 0.3) is 0 Å². The molecular formula is C49H63F2N9O6. The lowest BCUT2D eigenvalue weighted by atomic mass is 9.52. The number of hydrogen-bond donors (Lipinski definition) is 4. The van der Waals surface area contributed by atoms with Crippen LogP contribution in [0.3, 0.4) is 0 Å². The third kappa shape index (κ3) is 8.92. The van der Waals surface area contributed by atoms with Crippen LogP contribution in [0.2, 0.25) is 0 Å². The smallest absolute Gasteiger partial charge is 0.251 e. The van der Waals surface area contributed by atoms with Gasteiger partial charge in [0, 0.05) is 69.7 Å². The van der Waals surface area contributed by atoms with Crippen LogP contribution in [0, 0.1) is 11.2 Å². The Balaban J connectivity index is 0.783. The highest BCUT2D eigenvalue weighted by Crippen LogP contribution is 2.56. The summed E-state index contributed by atoms with van der Waals surface area (Å²) in [6, 6.07) is 9.90. The summed E-state index contributed by atoms with van der Waals surface area (Å²) in [5, 5.41) is 19.0. The van der Waals surface area contributed by atoms with Gasteiger partial charge in [-0.25, -0.2) is 13.8 Å². The second-order valence-electron chi connectivity index (χ2n) is 19.8. The number of hydrogen-bond acceptors (Lipinski definition) is 12. The van der Waals surface area contributed by atoms with Crippen molar-refractivity contribution in [1.82, 2.24) is 25.5 Å². The van der Waals surface area contributed by atoms with Gasteiger partial charge in [0.2, 0.25) is 23.7 Å². The van der Waals surface area contributed by atoms with Crippen molar-refractivity contribution in [2.24, 2.45) is 5.41 Å². The Morgan fingerprint density at radius 3 is 2.39 bits per heavy atom. The molecule has 2 atom stereocenters. The van der Waals surface area contributed by atoms with Gasteiger partial charge in [0.15, 0.2) is 5.82 Å². The first-order chi connectivity index (χ1) is 31.7. The molecule has 0 radical (unpaired) electrons. The highest BCUT2D eigenvalue weighted by atomic mass is 19.1. The number of imide groups is 1. The molecule has 15 nitrogen and oxygen atoms in total. The zero-order valence-corrected chi connectivity index (χ0v) is 38.3. The van der Waals surface area contributed by atoms with Crippen LogP contribution in [-0.2, 0) is 14.4 Å². The topological polar surface area (TPSA) is 173 Å². The molecule has 354 valence electrons. The second kappa shape index (κ2) is 18.3. The fourth-order valence-corrected chi connectivity index (χ4v) is 12.0. The lowest BCUT2D eigenvalue weighted by Gasteiger charge is -2.59. The van der Waals surface area contributed by atoms with Crippen molar-refractivity contribution in [2.75, 3.05) is 73.5 Å². The van der Waals surface area contributed by atoms with Gasteiger partial charge >= 0.3 is 0 Å². The quantitative estimate of drug-likeness (QED) is 0.145. The van der Waals surface area contributed by atoms with Crippen molar-refractivity contribution in [3.8, 4) is 5.75 Å². The van der Waals surface area contributed by atoms with Crippen molar-refractivity contribution in [3.63, 3.8) is 0 Å². The highest BCUT2D eigenvalue weighted by Gasteiger charge is 2.56. The monoisotopic (exact) mass is 911 g/mol. The van der Waals surface area contributed by atoms with E-state index in [0.29, 0.717) is 78.8 Å². The number of aliphatic hydroxyl groups excluding tert-OH is 1. The summed E-state index contributed by atoms with van der Waals surface area (Å²) in [6.07, 6.45) is 11.4. The average molecular weight is 912 g/mol. The molecule has 1 unspecified atom stereocenters. The summed E-state index contributed by atoms with van der Waals surface area (Å²) in [7, 11) is 3.32. The number of amides is 4. The number of fused-ring (bicyclic) bond motifs is 1. The fraction of sp³-hybridized carbons (Fsp3) is 0.592. The Morgan fingerprint density at radius 1 is 0.985 bits per heavy atom. The number of anilines is 5. The van der Waals surface area contributed by atoms with E-state index in [4.69, 9.17) is 9.72 Å². The summed E-state index contributed by atoms with van der Waals surface area (Å²) in [5.41, 5.74) is 0.647. The van der Waals surface area contributed by atoms with E-state index in [-0.39, 0.29) is 61.1 Å². The van der Waals surface area contributed by atoms with Gasteiger partial charge in [-0.3, -0.25) is 24.5 Å². The number of carbonyl (C=O) groups is 4. The molecule has 5 heterocycles. The minimum absolute atomic E-state index is 0.00373. The summed E-state index contributed by atoms with van der Waals surface area (Å²) >= 11 is 0. The fourth-order valence-electron chi connectivity index (χ4n) is 12.0. The Kier molecular flexibility index (Phi) is 12.7. The van der Waals surface area contributed by atoms with Crippen molar-refractivity contribution >= 4 is 52.5 Å². The second-order valence-corrected chi connectivity index (χ2v) is 19.8. The summed E-state index contributed by atoms with van der Waals surface area (Å²) < 4.78 is 37.5. The SMILES string of the molecule is CC[C@@H]1C(=O)N(C)c2cnc(Nc3ccc(C(=O)NC4(CCO)CC5(CCN(CC6(F)CCN(c7ccc(C8CCC(=O)NC8=O)cc7F)CC6)CC5)C4)cc3OC)nc2N1C1CCCC1. The van der Waals surface area contributed by atoms with Crippen molar-refractivity contribution < 1.29 is 37.8 Å². The maximum atomic E-state index is 16.4. The van der Waals surface area contributed by atoms with E-state index < -0.39 is 28.8 Å². The number of ether oxygens (including phenoxy) is 1. The lowest BCUT2D eigenvalue weighted by molar-refractivity contribution is -0.134. The van der Waals surface area contributed by atoms with Gasteiger partial charge in [-0.15, -0.1) is 0 Å². The molecular weight excluding hydrogens is 849 g/mol. The molecule has 9 rings (SSSR count). The summed E-state index contributed by atoms with van der Waals surface area (Å²) in [4.78, 5) is 68.6. The molecule has 4 N–H and O–H groups in total. The molecule has 1 aromatic heterocycles. The van der Waals surface area contributed by atoms with Gasteiger partial charge < -0.3 is 40.1 Å². The molecule has 6 aliphatic rings. The number of alkyl halides is 1. The predicted octanol–water partition coefficient (Wildman–Crippen LogP) is 6.13. The summed E-state index contributed by atoms with van der Waals surface area (Å²) in [5.74, 6) is -0.424. The normalized spacial score (nSPS) is 23.9. The Hall–Kier alpha value is -5.42. The number of likely N-dealkylation sites (tertiary alicyclic amines) is 1. The Bertz CT molecular complexity index is 2340. The van der Waals surface area contributed by atoms with E-state index in [1.54, 1.807) is 55.6 Å². The molecule has 2 aromatic carbocycles. The third-order valence-electron chi connectivity index (χ3n) is 15.6. The molecule has 66 heavy (non-hydrogen) atoms. The zero-order chi connectivity index (χ0) is 46.4. The number of nitrogens with one attached hydrogen (secondary N) is 3. The number of piperidine rings is 3. The molecule has 4 aliphatic heterocycles. The molecule has 5 fully saturated rings. The molecule has 2 aliphatic carbocycles. The van der Waals surface area contributed by atoms with E-state index in [0.717, 1.165) is 70.3 Å². The standard InChI is InChI=1S/C49H63F2N9O6/c1-4-37-45(65)57(2)39-27-52-46(55-42(39)60(37)33-7-5-6-8-33)53-36-12-9-32(26-40(36)66-3)43(63)56-49(19-24-61)28-47(29-49)15-20-58(21-16-47)30-48(51)17-22-59(23-18-48)38-13-10-31(25-35(38)50)34-11-14-41(62)54-44(34)64/h9-10,12-13,25-27,33-34,37,61H,4-8,11,14-24,28-30H2,1-3H3,(H,56,63)(H,52,53,55)(H,54,62,64)/t34?,37-/m1/s1. The molecule has 0 bridgehead atoms. The largest absolute Gasteiger partial charge is 0.495 e. The molecule has 17 heteroatoms. The lowest BCUT2D eigenvalue weighted by Crippen LogP contribution is -2.64. The maximum absolute atomic E-state index is 16.4. The van der Waals surface area contributed by atoms with Gasteiger partial charge in [0.05, 0.1) is 30.6 Å². The number of benzene rings is 2. The minimum Gasteiger partial charge on any atom is -0.495 e. The van der Waals surface area contributed by atoms with Gasteiger partial charge in [-0.1, -0.05) is 25.8 Å². The van der Waals surface area contributed by atoms with E-state index in [1.807, 2.05) is 11.8 Å². The van der Waals surface area contributed by atoms with Crippen LogP contribution >= 0.6 is 0 Å². The van der Waals surface area contributed by atoms with Gasteiger partial charge in [0.25, 0.3) is 5.91 Å². The molecule has 3 saturated heterocycles. The molecule has 1 spiro atoms. The maximum Gasteiger partial charge on any atom is 0.251 e. The number of rotatable bonds is 13. The number of likely N-dealkylation sites (N-methyl/N-ethyl adjacent to an activating group) is 1. The first-order valence-electron chi connectivity index (χ1n) is 23.9. The van der Waals surface area contributed by atoms with Crippen LogP contribution in [-0.4, -0.2) is 120 Å². The highest BCUT2D eigenvalue weighted by molar-refractivity contribution is 6.04. The molecule has 4 amide bonds. The van der Waals surface area contributed by atoms with E-state index in [9.17, 15) is 24.3 Å². The van der Waals surface area contributed by atoms with Crippen LogP contribution in [0.1, 0.15) is 119 Å². The first-order valence-corrected chi connectivity index (χ1v) is 23.9.